The minimum absolute atomic E-state index is 0.000509. The quantitative estimate of drug-likeness (QED) is 0.747. The summed E-state index contributed by atoms with van der Waals surface area (Å²) in [4.78, 5) is 25.9. The topological polar surface area (TPSA) is 71.6 Å². The molecule has 1 fully saturated rings. The lowest BCUT2D eigenvalue weighted by Gasteiger charge is -2.27. The third-order valence-electron chi connectivity index (χ3n) is 3.24. The van der Waals surface area contributed by atoms with Crippen molar-refractivity contribution in [2.75, 3.05) is 26.2 Å². The van der Waals surface area contributed by atoms with Crippen LogP contribution in [-0.4, -0.2) is 51.2 Å². The van der Waals surface area contributed by atoms with E-state index < -0.39 is 0 Å². The number of piperazine rings is 1. The molecule has 1 aliphatic rings. The van der Waals surface area contributed by atoms with Gasteiger partial charge < -0.3 is 10.2 Å². The number of carbonyl (C=O) groups is 1. The van der Waals surface area contributed by atoms with Crippen LogP contribution in [0, 0.1) is 0 Å². The first-order chi connectivity index (χ1) is 9.25. The van der Waals surface area contributed by atoms with Gasteiger partial charge in [0.25, 0.3) is 0 Å². The van der Waals surface area contributed by atoms with Crippen LogP contribution < -0.4 is 11.0 Å². The normalized spacial score (nSPS) is 15.9. The zero-order valence-corrected chi connectivity index (χ0v) is 10.5. The number of fused-ring (bicyclic) bond motifs is 1. The van der Waals surface area contributed by atoms with E-state index in [-0.39, 0.29) is 18.1 Å². The van der Waals surface area contributed by atoms with Gasteiger partial charge >= 0.3 is 5.69 Å². The zero-order chi connectivity index (χ0) is 13.2. The summed E-state index contributed by atoms with van der Waals surface area (Å²) in [6.07, 6.45) is 1.65. The molecular weight excluding hydrogens is 246 g/mol. The van der Waals surface area contributed by atoms with Crippen LogP contribution in [0.2, 0.25) is 0 Å². The summed E-state index contributed by atoms with van der Waals surface area (Å²) in [6, 6.07) is 5.32. The summed E-state index contributed by atoms with van der Waals surface area (Å²) >= 11 is 0. The van der Waals surface area contributed by atoms with Crippen molar-refractivity contribution in [2.45, 2.75) is 6.54 Å². The fraction of sp³-hybridized carbons (Fsp3) is 0.417. The Labute approximate surface area is 109 Å². The van der Waals surface area contributed by atoms with Crippen LogP contribution in [0.15, 0.2) is 29.2 Å². The summed E-state index contributed by atoms with van der Waals surface area (Å²) in [6.45, 7) is 2.96. The molecule has 0 bridgehead atoms. The minimum atomic E-state index is -0.279. The maximum absolute atomic E-state index is 12.1. The van der Waals surface area contributed by atoms with Gasteiger partial charge in [-0.1, -0.05) is 6.07 Å². The lowest BCUT2D eigenvalue weighted by atomic mass is 10.3. The molecule has 0 spiro atoms. The molecule has 100 valence electrons. The number of nitrogens with zero attached hydrogens (tertiary/aromatic N) is 4. The lowest BCUT2D eigenvalue weighted by Crippen LogP contribution is -2.48. The summed E-state index contributed by atoms with van der Waals surface area (Å²) in [5.74, 6) is -0.0630. The van der Waals surface area contributed by atoms with Gasteiger partial charge in [-0.2, -0.15) is 0 Å². The van der Waals surface area contributed by atoms with Gasteiger partial charge in [-0.15, -0.1) is 5.10 Å². The second-order valence-electron chi connectivity index (χ2n) is 4.50. The molecule has 1 saturated heterocycles. The number of aromatic nitrogens is 3. The second kappa shape index (κ2) is 4.85. The number of amides is 1. The highest BCUT2D eigenvalue weighted by molar-refractivity contribution is 5.76. The van der Waals surface area contributed by atoms with Crippen molar-refractivity contribution in [3.05, 3.63) is 34.9 Å². The molecule has 1 N–H and O–H groups in total. The summed E-state index contributed by atoms with van der Waals surface area (Å²) in [5, 5.41) is 7.34. The standard InChI is InChI=1S/C12H15N5O2/c18-11(15-7-4-13-5-8-15)9-17-12(19)16-6-2-1-3-10(16)14-17/h1-3,6,13H,4-5,7-9H2. The Morgan fingerprint density at radius 2 is 2.11 bits per heavy atom. The Morgan fingerprint density at radius 3 is 2.84 bits per heavy atom. The van der Waals surface area contributed by atoms with Gasteiger partial charge in [-0.25, -0.2) is 9.48 Å². The van der Waals surface area contributed by atoms with Crippen LogP contribution in [-0.2, 0) is 11.3 Å². The molecule has 2 aromatic heterocycles. The average Bonchev–Trinajstić information content (AvgIpc) is 2.77. The van der Waals surface area contributed by atoms with Crippen molar-refractivity contribution in [2.24, 2.45) is 0 Å². The SMILES string of the molecule is O=C(Cn1nc2ccccn2c1=O)N1CCNCC1. The largest absolute Gasteiger partial charge is 0.350 e. The molecule has 0 atom stereocenters. The summed E-state index contributed by atoms with van der Waals surface area (Å²) in [5.41, 5.74) is 0.277. The molecule has 7 heteroatoms. The molecule has 3 rings (SSSR count). The smallest absolute Gasteiger partial charge is 0.339 e. The van der Waals surface area contributed by atoms with E-state index in [2.05, 4.69) is 10.4 Å². The second-order valence-corrected chi connectivity index (χ2v) is 4.50. The zero-order valence-electron chi connectivity index (χ0n) is 10.5. The highest BCUT2D eigenvalue weighted by Crippen LogP contribution is 1.98. The Hall–Kier alpha value is -2.15. The van der Waals surface area contributed by atoms with Crippen LogP contribution in [0.5, 0.6) is 0 Å². The Kier molecular flexibility index (Phi) is 3.04. The van der Waals surface area contributed by atoms with E-state index in [0.717, 1.165) is 13.1 Å². The van der Waals surface area contributed by atoms with Crippen molar-refractivity contribution < 1.29 is 4.79 Å². The maximum Gasteiger partial charge on any atom is 0.350 e. The van der Waals surface area contributed by atoms with E-state index in [1.54, 1.807) is 23.2 Å². The van der Waals surface area contributed by atoms with Crippen molar-refractivity contribution in [3.8, 4) is 0 Å². The number of hydrogen-bond donors (Lipinski definition) is 1. The molecule has 2 aromatic rings. The maximum atomic E-state index is 12.1. The van der Waals surface area contributed by atoms with Crippen molar-refractivity contribution >= 4 is 11.6 Å². The molecule has 19 heavy (non-hydrogen) atoms. The minimum Gasteiger partial charge on any atom is -0.339 e. The molecule has 1 aliphatic heterocycles. The average molecular weight is 261 g/mol. The molecule has 0 aromatic carbocycles. The third kappa shape index (κ3) is 2.24. The van der Waals surface area contributed by atoms with Crippen molar-refractivity contribution in [1.29, 1.82) is 0 Å². The molecule has 3 heterocycles. The van der Waals surface area contributed by atoms with Crippen LogP contribution in [0.25, 0.3) is 5.65 Å². The summed E-state index contributed by atoms with van der Waals surface area (Å²) < 4.78 is 2.66. The first-order valence-electron chi connectivity index (χ1n) is 6.28. The number of nitrogens with one attached hydrogen (secondary N) is 1. The van der Waals surface area contributed by atoms with E-state index in [0.29, 0.717) is 18.7 Å². The van der Waals surface area contributed by atoms with Crippen LogP contribution >= 0.6 is 0 Å². The van der Waals surface area contributed by atoms with Crippen LogP contribution in [0.4, 0.5) is 0 Å². The highest BCUT2D eigenvalue weighted by Gasteiger charge is 2.18. The predicted octanol–water partition coefficient (Wildman–Crippen LogP) is -1.07. The van der Waals surface area contributed by atoms with Gasteiger partial charge in [0.1, 0.15) is 6.54 Å². The van der Waals surface area contributed by atoms with Crippen LogP contribution in [0.1, 0.15) is 0 Å². The number of carbonyl (C=O) groups excluding carboxylic acids is 1. The Bertz CT molecular complexity index is 653. The van der Waals surface area contributed by atoms with Crippen LogP contribution in [0.3, 0.4) is 0 Å². The van der Waals surface area contributed by atoms with Gasteiger partial charge in [0.15, 0.2) is 5.65 Å². The number of pyridine rings is 1. The number of hydrogen-bond acceptors (Lipinski definition) is 4. The lowest BCUT2D eigenvalue weighted by molar-refractivity contribution is -0.132. The molecular formula is C12H15N5O2. The summed E-state index contributed by atoms with van der Waals surface area (Å²) in [7, 11) is 0. The van der Waals surface area contributed by atoms with E-state index >= 15 is 0 Å². The highest BCUT2D eigenvalue weighted by atomic mass is 16.2. The van der Waals surface area contributed by atoms with Gasteiger partial charge in [-0.05, 0) is 12.1 Å². The molecule has 0 unspecified atom stereocenters. The molecule has 1 amide bonds. The first-order valence-corrected chi connectivity index (χ1v) is 6.28. The first kappa shape index (κ1) is 11.9. The Morgan fingerprint density at radius 1 is 1.32 bits per heavy atom. The van der Waals surface area contributed by atoms with E-state index in [9.17, 15) is 9.59 Å². The molecule has 0 saturated carbocycles. The van der Waals surface area contributed by atoms with Gasteiger partial charge in [0.05, 0.1) is 0 Å². The van der Waals surface area contributed by atoms with Crippen molar-refractivity contribution in [3.63, 3.8) is 0 Å². The van der Waals surface area contributed by atoms with Gasteiger partial charge in [0.2, 0.25) is 5.91 Å². The monoisotopic (exact) mass is 261 g/mol. The third-order valence-corrected chi connectivity index (χ3v) is 3.24. The molecule has 7 nitrogen and oxygen atoms in total. The van der Waals surface area contributed by atoms with Gasteiger partial charge in [-0.3, -0.25) is 9.20 Å². The molecule has 0 radical (unpaired) electrons. The fourth-order valence-corrected chi connectivity index (χ4v) is 2.21. The van der Waals surface area contributed by atoms with Gasteiger partial charge in [0, 0.05) is 32.4 Å². The van der Waals surface area contributed by atoms with Crippen molar-refractivity contribution in [1.82, 2.24) is 24.4 Å². The van der Waals surface area contributed by atoms with E-state index in [1.165, 1.54) is 9.08 Å². The van der Waals surface area contributed by atoms with E-state index in [4.69, 9.17) is 0 Å². The fourth-order valence-electron chi connectivity index (χ4n) is 2.21. The van der Waals surface area contributed by atoms with E-state index in [1.807, 2.05) is 6.07 Å². The molecule has 0 aliphatic carbocycles. The predicted molar refractivity (Wildman–Crippen MR) is 68.9 cm³/mol. The Balaban J connectivity index is 1.83. The number of rotatable bonds is 2.